The summed E-state index contributed by atoms with van der Waals surface area (Å²) in [6, 6.07) is 5.59. The summed E-state index contributed by atoms with van der Waals surface area (Å²) in [6.45, 7) is 1.91. The molecule has 3 nitrogen and oxygen atoms in total. The summed E-state index contributed by atoms with van der Waals surface area (Å²) >= 11 is 5.92. The Hall–Kier alpha value is -1.61. The largest absolute Gasteiger partial charge is 0.351 e. The number of anilines is 1. The Bertz CT molecular complexity index is 580. The van der Waals surface area contributed by atoms with Crippen LogP contribution in [-0.2, 0) is 0 Å². The number of hydrogen-bond donors (Lipinski definition) is 0. The third-order valence-corrected chi connectivity index (χ3v) is 3.11. The molecule has 1 aromatic heterocycles. The fourth-order valence-corrected chi connectivity index (χ4v) is 2.14. The van der Waals surface area contributed by atoms with Crippen molar-refractivity contribution >= 4 is 28.5 Å². The molecule has 1 aromatic carbocycles. The molecular weight excluding hydrogens is 234 g/mol. The molecule has 17 heavy (non-hydrogen) atoms. The van der Waals surface area contributed by atoms with Crippen molar-refractivity contribution in [1.82, 2.24) is 9.97 Å². The number of nitrogens with zero attached hydrogens (tertiary/aromatic N) is 3. The summed E-state index contributed by atoms with van der Waals surface area (Å²) in [7, 11) is 0. The molecule has 2 aromatic rings. The standard InChI is InChI=1S/C13H12ClN3/c14-10-4-5-11-12(8-10)15-9-13(16-11)17-6-2-1-3-7-17/h1-2,4-5,8-9H,3,6-7H2. The minimum Gasteiger partial charge on any atom is -0.351 e. The van der Waals surface area contributed by atoms with E-state index in [1.165, 1.54) is 0 Å². The molecule has 3 rings (SSSR count). The van der Waals surface area contributed by atoms with Gasteiger partial charge in [0.05, 0.1) is 17.2 Å². The van der Waals surface area contributed by atoms with Gasteiger partial charge in [0.2, 0.25) is 0 Å². The number of rotatable bonds is 1. The van der Waals surface area contributed by atoms with Gasteiger partial charge in [0.1, 0.15) is 5.82 Å². The Balaban J connectivity index is 2.01. The Kier molecular flexibility index (Phi) is 2.69. The number of fused-ring (bicyclic) bond motifs is 1. The smallest absolute Gasteiger partial charge is 0.148 e. The maximum Gasteiger partial charge on any atom is 0.148 e. The zero-order valence-electron chi connectivity index (χ0n) is 9.31. The molecule has 1 aliphatic rings. The Labute approximate surface area is 105 Å². The van der Waals surface area contributed by atoms with Crippen molar-refractivity contribution in [3.8, 4) is 0 Å². The fourth-order valence-electron chi connectivity index (χ4n) is 1.98. The lowest BCUT2D eigenvalue weighted by atomic mass is 10.2. The van der Waals surface area contributed by atoms with Crippen molar-refractivity contribution in [2.45, 2.75) is 6.42 Å². The van der Waals surface area contributed by atoms with Crippen LogP contribution in [0.4, 0.5) is 5.82 Å². The summed E-state index contributed by atoms with van der Waals surface area (Å²) < 4.78 is 0. The van der Waals surface area contributed by atoms with Crippen LogP contribution in [0, 0.1) is 0 Å². The molecule has 2 heterocycles. The second-order valence-electron chi connectivity index (χ2n) is 4.07. The average Bonchev–Trinajstić information content (AvgIpc) is 2.39. The van der Waals surface area contributed by atoms with Crippen LogP contribution < -0.4 is 4.90 Å². The molecule has 0 aliphatic carbocycles. The first-order valence-electron chi connectivity index (χ1n) is 5.65. The number of benzene rings is 1. The summed E-state index contributed by atoms with van der Waals surface area (Å²) in [4.78, 5) is 11.2. The van der Waals surface area contributed by atoms with Gasteiger partial charge in [-0.2, -0.15) is 0 Å². The van der Waals surface area contributed by atoms with Crippen molar-refractivity contribution < 1.29 is 0 Å². The minimum absolute atomic E-state index is 0.695. The van der Waals surface area contributed by atoms with Gasteiger partial charge in [0.25, 0.3) is 0 Å². The molecule has 4 heteroatoms. The van der Waals surface area contributed by atoms with E-state index in [0.29, 0.717) is 5.02 Å². The first kappa shape index (κ1) is 10.5. The second kappa shape index (κ2) is 4.34. The Morgan fingerprint density at radius 1 is 1.18 bits per heavy atom. The van der Waals surface area contributed by atoms with Gasteiger partial charge in [-0.15, -0.1) is 0 Å². The molecule has 0 saturated heterocycles. The molecule has 86 valence electrons. The van der Waals surface area contributed by atoms with Gasteiger partial charge < -0.3 is 4.90 Å². The average molecular weight is 246 g/mol. The zero-order chi connectivity index (χ0) is 11.7. The van der Waals surface area contributed by atoms with Crippen molar-refractivity contribution in [3.05, 3.63) is 41.6 Å². The van der Waals surface area contributed by atoms with Gasteiger partial charge in [-0.25, -0.2) is 4.98 Å². The lowest BCUT2D eigenvalue weighted by Crippen LogP contribution is -2.27. The van der Waals surface area contributed by atoms with E-state index in [9.17, 15) is 0 Å². The molecule has 0 spiro atoms. The molecular formula is C13H12ClN3. The zero-order valence-corrected chi connectivity index (χ0v) is 10.1. The highest BCUT2D eigenvalue weighted by Gasteiger charge is 2.09. The maximum atomic E-state index is 5.92. The van der Waals surface area contributed by atoms with Crippen molar-refractivity contribution in [1.29, 1.82) is 0 Å². The van der Waals surface area contributed by atoms with Crippen LogP contribution in [0.5, 0.6) is 0 Å². The van der Waals surface area contributed by atoms with Crippen LogP contribution in [-0.4, -0.2) is 23.1 Å². The molecule has 0 bridgehead atoms. The lowest BCUT2D eigenvalue weighted by Gasteiger charge is -2.24. The van der Waals surface area contributed by atoms with E-state index in [2.05, 4.69) is 27.0 Å². The highest BCUT2D eigenvalue weighted by molar-refractivity contribution is 6.31. The first-order valence-corrected chi connectivity index (χ1v) is 6.03. The van der Waals surface area contributed by atoms with Crippen LogP contribution >= 0.6 is 11.6 Å². The fraction of sp³-hybridized carbons (Fsp3) is 0.231. The highest BCUT2D eigenvalue weighted by Crippen LogP contribution is 2.20. The Morgan fingerprint density at radius 2 is 2.12 bits per heavy atom. The maximum absolute atomic E-state index is 5.92. The molecule has 0 saturated carbocycles. The molecule has 0 fully saturated rings. The quantitative estimate of drug-likeness (QED) is 0.723. The van der Waals surface area contributed by atoms with E-state index in [1.54, 1.807) is 0 Å². The van der Waals surface area contributed by atoms with Gasteiger partial charge in [0.15, 0.2) is 0 Å². The van der Waals surface area contributed by atoms with Gasteiger partial charge >= 0.3 is 0 Å². The van der Waals surface area contributed by atoms with Crippen LogP contribution in [0.2, 0.25) is 5.02 Å². The summed E-state index contributed by atoms with van der Waals surface area (Å²) in [5.41, 5.74) is 1.73. The Morgan fingerprint density at radius 3 is 2.94 bits per heavy atom. The number of halogens is 1. The topological polar surface area (TPSA) is 29.0 Å². The van der Waals surface area contributed by atoms with Crippen LogP contribution in [0.15, 0.2) is 36.5 Å². The van der Waals surface area contributed by atoms with E-state index in [4.69, 9.17) is 11.6 Å². The predicted octanol–water partition coefficient (Wildman–Crippen LogP) is 3.05. The number of aromatic nitrogens is 2. The summed E-state index contributed by atoms with van der Waals surface area (Å²) in [5, 5.41) is 0.695. The third kappa shape index (κ3) is 2.11. The van der Waals surface area contributed by atoms with E-state index >= 15 is 0 Å². The van der Waals surface area contributed by atoms with E-state index in [-0.39, 0.29) is 0 Å². The highest BCUT2D eigenvalue weighted by atomic mass is 35.5. The van der Waals surface area contributed by atoms with Crippen LogP contribution in [0.3, 0.4) is 0 Å². The van der Waals surface area contributed by atoms with E-state index in [1.807, 2.05) is 24.4 Å². The molecule has 0 amide bonds. The SMILES string of the molecule is Clc1ccc2nc(N3CC=CCC3)cnc2c1. The predicted molar refractivity (Wildman–Crippen MR) is 70.5 cm³/mol. The molecule has 0 atom stereocenters. The molecule has 0 N–H and O–H groups in total. The normalized spacial score (nSPS) is 15.5. The van der Waals surface area contributed by atoms with E-state index in [0.717, 1.165) is 36.4 Å². The number of hydrogen-bond acceptors (Lipinski definition) is 3. The van der Waals surface area contributed by atoms with Gasteiger partial charge in [-0.1, -0.05) is 23.8 Å². The molecule has 0 unspecified atom stereocenters. The molecule has 0 radical (unpaired) electrons. The minimum atomic E-state index is 0.695. The third-order valence-electron chi connectivity index (χ3n) is 2.87. The van der Waals surface area contributed by atoms with Gasteiger partial charge in [0, 0.05) is 18.1 Å². The van der Waals surface area contributed by atoms with Crippen molar-refractivity contribution in [2.24, 2.45) is 0 Å². The van der Waals surface area contributed by atoms with Crippen molar-refractivity contribution in [2.75, 3.05) is 18.0 Å². The van der Waals surface area contributed by atoms with Crippen molar-refractivity contribution in [3.63, 3.8) is 0 Å². The summed E-state index contributed by atoms with van der Waals surface area (Å²) in [5.74, 6) is 0.934. The first-order chi connectivity index (χ1) is 8.33. The lowest BCUT2D eigenvalue weighted by molar-refractivity contribution is 0.805. The van der Waals surface area contributed by atoms with Gasteiger partial charge in [-0.3, -0.25) is 4.98 Å². The van der Waals surface area contributed by atoms with Crippen LogP contribution in [0.1, 0.15) is 6.42 Å². The summed E-state index contributed by atoms with van der Waals surface area (Å²) in [6.07, 6.45) is 7.25. The monoisotopic (exact) mass is 245 g/mol. The van der Waals surface area contributed by atoms with E-state index < -0.39 is 0 Å². The second-order valence-corrected chi connectivity index (χ2v) is 4.50. The van der Waals surface area contributed by atoms with Crippen LogP contribution in [0.25, 0.3) is 11.0 Å². The molecule has 1 aliphatic heterocycles. The van der Waals surface area contributed by atoms with Gasteiger partial charge in [-0.05, 0) is 24.6 Å².